The molecule has 0 spiro atoms. The van der Waals surface area contributed by atoms with Crippen molar-refractivity contribution < 1.29 is 9.53 Å². The molecular formula is C16H33Cl2N3O2. The summed E-state index contributed by atoms with van der Waals surface area (Å²) in [7, 11) is 1.62. The zero-order valence-electron chi connectivity index (χ0n) is 14.2. The van der Waals surface area contributed by atoms with Gasteiger partial charge >= 0.3 is 0 Å². The topological polar surface area (TPSA) is 58.8 Å². The summed E-state index contributed by atoms with van der Waals surface area (Å²) in [4.78, 5) is 16.7. The van der Waals surface area contributed by atoms with Crippen LogP contribution in [0.15, 0.2) is 0 Å². The first kappa shape index (κ1) is 22.9. The van der Waals surface area contributed by atoms with Gasteiger partial charge < -0.3 is 15.4 Å². The molecule has 1 aliphatic heterocycles. The Kier molecular flexibility index (Phi) is 12.3. The van der Waals surface area contributed by atoms with Gasteiger partial charge in [-0.05, 0) is 18.8 Å². The molecular weight excluding hydrogens is 337 g/mol. The number of carbonyl (C=O) groups excluding carboxylic acids is 1. The lowest BCUT2D eigenvalue weighted by Crippen LogP contribution is -2.50. The van der Waals surface area contributed by atoms with Crippen molar-refractivity contribution >= 4 is 30.7 Å². The van der Waals surface area contributed by atoms with Gasteiger partial charge in [-0.1, -0.05) is 19.3 Å². The van der Waals surface area contributed by atoms with Gasteiger partial charge in [-0.3, -0.25) is 9.69 Å². The van der Waals surface area contributed by atoms with Gasteiger partial charge in [-0.2, -0.15) is 0 Å². The number of methoxy groups -OCH3 is 1. The Balaban J connectivity index is 0.00000242. The van der Waals surface area contributed by atoms with Gasteiger partial charge in [-0.15, -0.1) is 24.8 Å². The van der Waals surface area contributed by atoms with Crippen molar-refractivity contribution in [1.29, 1.82) is 0 Å². The minimum atomic E-state index is -0.141. The van der Waals surface area contributed by atoms with Gasteiger partial charge in [0.2, 0.25) is 5.91 Å². The van der Waals surface area contributed by atoms with Crippen LogP contribution in [0.5, 0.6) is 0 Å². The first-order valence-electron chi connectivity index (χ1n) is 8.46. The quantitative estimate of drug-likeness (QED) is 0.776. The minimum absolute atomic E-state index is 0. The third-order valence-electron chi connectivity index (χ3n) is 4.96. The lowest BCUT2D eigenvalue weighted by atomic mass is 9.89. The van der Waals surface area contributed by atoms with E-state index in [0.29, 0.717) is 13.0 Å². The lowest BCUT2D eigenvalue weighted by molar-refractivity contribution is -0.135. The molecule has 1 heterocycles. The van der Waals surface area contributed by atoms with E-state index < -0.39 is 0 Å². The molecule has 2 fully saturated rings. The van der Waals surface area contributed by atoms with E-state index in [1.54, 1.807) is 7.11 Å². The number of ether oxygens (including phenoxy) is 1. The molecule has 1 atom stereocenters. The molecule has 1 amide bonds. The van der Waals surface area contributed by atoms with Crippen LogP contribution in [0.2, 0.25) is 0 Å². The van der Waals surface area contributed by atoms with E-state index in [1.807, 2.05) is 4.90 Å². The van der Waals surface area contributed by atoms with Crippen LogP contribution < -0.4 is 5.73 Å². The van der Waals surface area contributed by atoms with Crippen LogP contribution in [-0.2, 0) is 9.53 Å². The van der Waals surface area contributed by atoms with E-state index in [-0.39, 0.29) is 36.8 Å². The van der Waals surface area contributed by atoms with E-state index in [2.05, 4.69) is 4.90 Å². The largest absolute Gasteiger partial charge is 0.380 e. The molecule has 1 aliphatic carbocycles. The molecule has 5 nitrogen and oxygen atoms in total. The van der Waals surface area contributed by atoms with Crippen LogP contribution in [0, 0.1) is 5.92 Å². The number of rotatable bonds is 6. The summed E-state index contributed by atoms with van der Waals surface area (Å²) >= 11 is 0. The van der Waals surface area contributed by atoms with E-state index in [0.717, 1.165) is 32.1 Å². The smallest absolute Gasteiger partial charge is 0.225 e. The Hall–Kier alpha value is -0.0700. The predicted octanol–water partition coefficient (Wildman–Crippen LogP) is 1.92. The first-order valence-corrected chi connectivity index (χ1v) is 8.46. The summed E-state index contributed by atoms with van der Waals surface area (Å²) in [6.07, 6.45) is 7.28. The van der Waals surface area contributed by atoms with Crippen molar-refractivity contribution in [2.75, 3.05) is 46.4 Å². The summed E-state index contributed by atoms with van der Waals surface area (Å²) in [5.74, 6) is 1.07. The zero-order chi connectivity index (χ0) is 15.1. The highest BCUT2D eigenvalue weighted by molar-refractivity contribution is 5.85. The maximum absolute atomic E-state index is 12.2. The number of hydrogen-bond donors (Lipinski definition) is 1. The van der Waals surface area contributed by atoms with E-state index in [1.165, 1.54) is 38.6 Å². The number of nitrogens with two attached hydrogens (primary N) is 1. The van der Waals surface area contributed by atoms with E-state index >= 15 is 0 Å². The fourth-order valence-electron chi connectivity index (χ4n) is 3.50. The molecule has 2 aliphatic rings. The Morgan fingerprint density at radius 3 is 2.26 bits per heavy atom. The van der Waals surface area contributed by atoms with Crippen LogP contribution in [0.25, 0.3) is 0 Å². The van der Waals surface area contributed by atoms with Crippen molar-refractivity contribution in [2.45, 2.75) is 44.6 Å². The van der Waals surface area contributed by atoms with Crippen LogP contribution in [0.4, 0.5) is 0 Å². The number of nitrogens with zero attached hydrogens (tertiary/aromatic N) is 2. The summed E-state index contributed by atoms with van der Waals surface area (Å²) < 4.78 is 5.20. The highest BCUT2D eigenvalue weighted by Crippen LogP contribution is 2.24. The van der Waals surface area contributed by atoms with Gasteiger partial charge in [0.15, 0.2) is 0 Å². The molecule has 2 rings (SSSR count). The van der Waals surface area contributed by atoms with Crippen LogP contribution in [0.1, 0.15) is 38.5 Å². The van der Waals surface area contributed by atoms with Crippen LogP contribution in [-0.4, -0.2) is 68.2 Å². The second-order valence-corrected chi connectivity index (χ2v) is 6.48. The molecule has 23 heavy (non-hydrogen) atoms. The Morgan fingerprint density at radius 1 is 1.13 bits per heavy atom. The van der Waals surface area contributed by atoms with Gasteiger partial charge in [0.1, 0.15) is 0 Å². The third-order valence-corrected chi connectivity index (χ3v) is 4.96. The number of hydrogen-bond acceptors (Lipinski definition) is 4. The molecule has 1 unspecified atom stereocenters. The van der Waals surface area contributed by atoms with Crippen LogP contribution >= 0.6 is 24.8 Å². The van der Waals surface area contributed by atoms with Crippen molar-refractivity contribution in [1.82, 2.24) is 9.80 Å². The van der Waals surface area contributed by atoms with Crippen LogP contribution in [0.3, 0.4) is 0 Å². The Morgan fingerprint density at radius 2 is 1.74 bits per heavy atom. The number of amides is 1. The SMILES string of the molecule is COC(CN)CC(=O)N1CCN(CC2CCCCC2)CC1.Cl.Cl. The normalized spacial score (nSPS) is 21.2. The molecule has 2 N–H and O–H groups in total. The van der Waals surface area contributed by atoms with Gasteiger partial charge in [0.25, 0.3) is 0 Å². The molecule has 1 saturated carbocycles. The molecule has 0 aromatic heterocycles. The maximum atomic E-state index is 12.2. The van der Waals surface area contributed by atoms with Gasteiger partial charge in [0, 0.05) is 46.4 Å². The monoisotopic (exact) mass is 369 g/mol. The summed E-state index contributed by atoms with van der Waals surface area (Å²) in [5.41, 5.74) is 5.58. The highest BCUT2D eigenvalue weighted by atomic mass is 35.5. The molecule has 0 aromatic rings. The summed E-state index contributed by atoms with van der Waals surface area (Å²) in [6, 6.07) is 0. The second-order valence-electron chi connectivity index (χ2n) is 6.48. The average molecular weight is 370 g/mol. The van der Waals surface area contributed by atoms with Gasteiger partial charge in [-0.25, -0.2) is 0 Å². The number of piperazine rings is 1. The third kappa shape index (κ3) is 7.57. The molecule has 0 bridgehead atoms. The number of carbonyl (C=O) groups is 1. The standard InChI is InChI=1S/C16H31N3O2.2ClH/c1-21-15(12-17)11-16(20)19-9-7-18(8-10-19)13-14-5-3-2-4-6-14;;/h14-15H,2-13,17H2,1H3;2*1H. The second kappa shape index (κ2) is 12.3. The van der Waals surface area contributed by atoms with E-state index in [4.69, 9.17) is 10.5 Å². The maximum Gasteiger partial charge on any atom is 0.225 e. The lowest BCUT2D eigenvalue weighted by Gasteiger charge is -2.37. The van der Waals surface area contributed by atoms with Crippen molar-refractivity contribution in [3.05, 3.63) is 0 Å². The fraction of sp³-hybridized carbons (Fsp3) is 0.938. The molecule has 0 aromatic carbocycles. The van der Waals surface area contributed by atoms with Gasteiger partial charge in [0.05, 0.1) is 12.5 Å². The minimum Gasteiger partial charge on any atom is -0.380 e. The zero-order valence-corrected chi connectivity index (χ0v) is 15.9. The van der Waals surface area contributed by atoms with Crippen molar-refractivity contribution in [2.24, 2.45) is 11.7 Å². The fourth-order valence-corrected chi connectivity index (χ4v) is 3.50. The van der Waals surface area contributed by atoms with E-state index in [9.17, 15) is 4.79 Å². The van der Waals surface area contributed by atoms with Crippen molar-refractivity contribution in [3.8, 4) is 0 Å². The average Bonchev–Trinajstić information content (AvgIpc) is 2.54. The predicted molar refractivity (Wildman–Crippen MR) is 98.6 cm³/mol. The molecule has 138 valence electrons. The highest BCUT2D eigenvalue weighted by Gasteiger charge is 2.25. The first-order chi connectivity index (χ1) is 10.2. The molecule has 1 saturated heterocycles. The summed E-state index contributed by atoms with van der Waals surface area (Å²) in [5, 5.41) is 0. The Labute approximate surface area is 153 Å². The molecule has 0 radical (unpaired) electrons. The summed E-state index contributed by atoms with van der Waals surface area (Å²) in [6.45, 7) is 5.37. The van der Waals surface area contributed by atoms with Crippen molar-refractivity contribution in [3.63, 3.8) is 0 Å². The Bertz CT molecular complexity index is 316. The molecule has 7 heteroatoms. The number of halogens is 2.